The number of halogens is 1. The zero-order valence-corrected chi connectivity index (χ0v) is 13.2. The van der Waals surface area contributed by atoms with Crippen molar-refractivity contribution in [3.8, 4) is 0 Å². The summed E-state index contributed by atoms with van der Waals surface area (Å²) in [6.07, 6.45) is 4.13. The predicted octanol–water partition coefficient (Wildman–Crippen LogP) is 2.02. The van der Waals surface area contributed by atoms with Crippen molar-refractivity contribution in [2.45, 2.75) is 6.42 Å². The fourth-order valence-electron chi connectivity index (χ4n) is 2.43. The third-order valence-corrected chi connectivity index (χ3v) is 5.57. The van der Waals surface area contributed by atoms with E-state index in [9.17, 15) is 8.42 Å². The average Bonchev–Trinajstić information content (AvgIpc) is 2.59. The lowest BCUT2D eigenvalue weighted by Crippen LogP contribution is -2.27. The van der Waals surface area contributed by atoms with Gasteiger partial charge in [-0.05, 0) is 34.5 Å². The number of pyridine rings is 2. The zero-order chi connectivity index (χ0) is 14.2. The van der Waals surface area contributed by atoms with Gasteiger partial charge in [-0.15, -0.1) is 0 Å². The van der Waals surface area contributed by atoms with E-state index >= 15 is 0 Å². The van der Waals surface area contributed by atoms with Crippen LogP contribution in [0.1, 0.15) is 6.42 Å². The number of fused-ring (bicyclic) bond motifs is 1. The van der Waals surface area contributed by atoms with Gasteiger partial charge in [-0.2, -0.15) is 0 Å². The van der Waals surface area contributed by atoms with Crippen LogP contribution < -0.4 is 4.90 Å². The molecule has 3 rings (SSSR count). The van der Waals surface area contributed by atoms with Crippen molar-refractivity contribution in [3.63, 3.8) is 0 Å². The molecule has 1 saturated heterocycles. The van der Waals surface area contributed by atoms with E-state index in [0.717, 1.165) is 27.7 Å². The normalized spacial score (nSPS) is 18.9. The molecule has 106 valence electrons. The van der Waals surface area contributed by atoms with E-state index in [1.165, 1.54) is 0 Å². The molecule has 0 spiro atoms. The van der Waals surface area contributed by atoms with Crippen molar-refractivity contribution >= 4 is 42.5 Å². The van der Waals surface area contributed by atoms with Crippen molar-refractivity contribution in [2.75, 3.05) is 29.5 Å². The summed E-state index contributed by atoms with van der Waals surface area (Å²) < 4.78 is 24.3. The number of hydrogen-bond donors (Lipinski definition) is 0. The molecule has 0 bridgehead atoms. The summed E-state index contributed by atoms with van der Waals surface area (Å²) in [5, 5.41) is 0. The SMILES string of the molecule is O=S1(=O)CCCN(c2ccnc3cc(Br)cnc23)CC1. The number of aromatic nitrogens is 2. The lowest BCUT2D eigenvalue weighted by atomic mass is 10.2. The second-order valence-electron chi connectivity index (χ2n) is 4.84. The van der Waals surface area contributed by atoms with Crippen molar-refractivity contribution in [1.29, 1.82) is 0 Å². The highest BCUT2D eigenvalue weighted by Gasteiger charge is 2.20. The van der Waals surface area contributed by atoms with Gasteiger partial charge in [0.15, 0.2) is 9.84 Å². The van der Waals surface area contributed by atoms with Crippen LogP contribution in [0.5, 0.6) is 0 Å². The minimum Gasteiger partial charge on any atom is -0.369 e. The van der Waals surface area contributed by atoms with E-state index in [-0.39, 0.29) is 11.5 Å². The van der Waals surface area contributed by atoms with Gasteiger partial charge in [-0.1, -0.05) is 0 Å². The second-order valence-corrected chi connectivity index (χ2v) is 8.06. The van der Waals surface area contributed by atoms with Crippen LogP contribution in [-0.2, 0) is 9.84 Å². The molecule has 0 amide bonds. The molecule has 0 atom stereocenters. The Morgan fingerprint density at radius 3 is 2.90 bits per heavy atom. The van der Waals surface area contributed by atoms with E-state index in [2.05, 4.69) is 30.8 Å². The molecule has 0 aliphatic carbocycles. The number of hydrogen-bond acceptors (Lipinski definition) is 5. The standard InChI is InChI=1S/C13H14BrN3O2S/c14-10-8-11-13(16-9-10)12(2-3-15-11)17-4-1-6-20(18,19)7-5-17/h2-3,8-9H,1,4-7H2. The second kappa shape index (κ2) is 5.29. The van der Waals surface area contributed by atoms with Gasteiger partial charge in [-0.25, -0.2) is 8.42 Å². The molecule has 0 unspecified atom stereocenters. The van der Waals surface area contributed by atoms with Gasteiger partial charge in [0, 0.05) is 30.0 Å². The van der Waals surface area contributed by atoms with E-state index in [1.54, 1.807) is 12.4 Å². The van der Waals surface area contributed by atoms with Gasteiger partial charge in [-0.3, -0.25) is 9.97 Å². The first-order chi connectivity index (χ1) is 9.55. The molecule has 0 aromatic carbocycles. The molecule has 0 radical (unpaired) electrons. The van der Waals surface area contributed by atoms with Crippen LogP contribution in [0, 0.1) is 0 Å². The monoisotopic (exact) mass is 355 g/mol. The molecule has 1 aliphatic rings. The minimum atomic E-state index is -2.91. The Balaban J connectivity index is 2.01. The van der Waals surface area contributed by atoms with Crippen LogP contribution in [0.15, 0.2) is 29.0 Å². The van der Waals surface area contributed by atoms with Crippen molar-refractivity contribution in [2.24, 2.45) is 0 Å². The Labute approximate surface area is 126 Å². The Hall–Kier alpha value is -1.21. The lowest BCUT2D eigenvalue weighted by Gasteiger charge is -2.22. The topological polar surface area (TPSA) is 63.2 Å². The van der Waals surface area contributed by atoms with E-state index in [1.807, 2.05) is 12.1 Å². The molecule has 5 nitrogen and oxygen atoms in total. The molecular weight excluding hydrogens is 342 g/mol. The predicted molar refractivity (Wildman–Crippen MR) is 82.7 cm³/mol. The first-order valence-electron chi connectivity index (χ1n) is 6.41. The molecule has 2 aromatic rings. The van der Waals surface area contributed by atoms with Crippen molar-refractivity contribution in [1.82, 2.24) is 9.97 Å². The van der Waals surface area contributed by atoms with E-state index in [4.69, 9.17) is 0 Å². The van der Waals surface area contributed by atoms with Crippen LogP contribution in [0.25, 0.3) is 11.0 Å². The Kier molecular flexibility index (Phi) is 3.64. The van der Waals surface area contributed by atoms with Crippen LogP contribution in [-0.4, -0.2) is 43.0 Å². The fourth-order valence-corrected chi connectivity index (χ4v) is 4.02. The number of anilines is 1. The molecule has 7 heteroatoms. The van der Waals surface area contributed by atoms with Crippen LogP contribution in [0.2, 0.25) is 0 Å². The minimum absolute atomic E-state index is 0.202. The summed E-state index contributed by atoms with van der Waals surface area (Å²) in [4.78, 5) is 10.8. The first kappa shape index (κ1) is 13.8. The van der Waals surface area contributed by atoms with Crippen molar-refractivity contribution < 1.29 is 8.42 Å². The van der Waals surface area contributed by atoms with Gasteiger partial charge < -0.3 is 4.90 Å². The quantitative estimate of drug-likeness (QED) is 0.782. The maximum atomic E-state index is 11.7. The molecule has 3 heterocycles. The number of nitrogens with zero attached hydrogens (tertiary/aromatic N) is 3. The molecule has 0 saturated carbocycles. The first-order valence-corrected chi connectivity index (χ1v) is 9.02. The van der Waals surface area contributed by atoms with Gasteiger partial charge in [0.25, 0.3) is 0 Å². The maximum Gasteiger partial charge on any atom is 0.152 e. The molecular formula is C13H14BrN3O2S. The molecule has 1 fully saturated rings. The maximum absolute atomic E-state index is 11.7. The smallest absolute Gasteiger partial charge is 0.152 e. The highest BCUT2D eigenvalue weighted by atomic mass is 79.9. The molecule has 20 heavy (non-hydrogen) atoms. The molecule has 2 aromatic heterocycles. The largest absolute Gasteiger partial charge is 0.369 e. The van der Waals surface area contributed by atoms with Gasteiger partial charge in [0.1, 0.15) is 5.52 Å². The summed E-state index contributed by atoms with van der Waals surface area (Å²) in [5.41, 5.74) is 2.58. The third kappa shape index (κ3) is 2.78. The fraction of sp³-hybridized carbons (Fsp3) is 0.385. The number of rotatable bonds is 1. The van der Waals surface area contributed by atoms with Crippen molar-refractivity contribution in [3.05, 3.63) is 29.0 Å². The van der Waals surface area contributed by atoms with Gasteiger partial charge >= 0.3 is 0 Å². The van der Waals surface area contributed by atoms with Gasteiger partial charge in [0.2, 0.25) is 0 Å². The Morgan fingerprint density at radius 1 is 1.20 bits per heavy atom. The molecule has 1 aliphatic heterocycles. The zero-order valence-electron chi connectivity index (χ0n) is 10.8. The summed E-state index contributed by atoms with van der Waals surface area (Å²) in [7, 11) is -2.91. The average molecular weight is 356 g/mol. The summed E-state index contributed by atoms with van der Waals surface area (Å²) in [6.45, 7) is 1.25. The summed E-state index contributed by atoms with van der Waals surface area (Å²) in [5.74, 6) is 0.471. The third-order valence-electron chi connectivity index (χ3n) is 3.42. The van der Waals surface area contributed by atoms with Crippen LogP contribution in [0.3, 0.4) is 0 Å². The van der Waals surface area contributed by atoms with Gasteiger partial charge in [0.05, 0.1) is 22.7 Å². The number of sulfone groups is 1. The van der Waals surface area contributed by atoms with Crippen LogP contribution >= 0.6 is 15.9 Å². The summed E-state index contributed by atoms with van der Waals surface area (Å²) in [6, 6.07) is 3.82. The summed E-state index contributed by atoms with van der Waals surface area (Å²) >= 11 is 3.38. The lowest BCUT2D eigenvalue weighted by molar-refractivity contribution is 0.597. The van der Waals surface area contributed by atoms with Crippen LogP contribution in [0.4, 0.5) is 5.69 Å². The Bertz CT molecular complexity index is 748. The highest BCUT2D eigenvalue weighted by Crippen LogP contribution is 2.26. The van der Waals surface area contributed by atoms with E-state index < -0.39 is 9.84 Å². The molecule has 0 N–H and O–H groups in total. The van der Waals surface area contributed by atoms with E-state index in [0.29, 0.717) is 13.0 Å². The highest BCUT2D eigenvalue weighted by molar-refractivity contribution is 9.10. The Morgan fingerprint density at radius 2 is 2.05 bits per heavy atom.